The van der Waals surface area contributed by atoms with Crippen molar-refractivity contribution in [2.75, 3.05) is 39.3 Å². The van der Waals surface area contributed by atoms with Crippen LogP contribution in [0, 0.1) is 6.92 Å². The third-order valence-electron chi connectivity index (χ3n) is 4.23. The maximum absolute atomic E-state index is 12.4. The highest BCUT2D eigenvalue weighted by molar-refractivity contribution is 7.09. The number of guanidine groups is 1. The van der Waals surface area contributed by atoms with Gasteiger partial charge in [0, 0.05) is 51.1 Å². The summed E-state index contributed by atoms with van der Waals surface area (Å²) in [6.07, 6.45) is 2.37. The molecular weight excluding hydrogens is 350 g/mol. The Kier molecular flexibility index (Phi) is 6.27. The van der Waals surface area contributed by atoms with Gasteiger partial charge in [-0.1, -0.05) is 0 Å². The van der Waals surface area contributed by atoms with Gasteiger partial charge in [-0.05, 0) is 26.0 Å². The quantitative estimate of drug-likeness (QED) is 0.639. The summed E-state index contributed by atoms with van der Waals surface area (Å²) >= 11 is 1.67. The van der Waals surface area contributed by atoms with Gasteiger partial charge < -0.3 is 19.5 Å². The Balaban J connectivity index is 1.54. The Morgan fingerprint density at radius 1 is 1.35 bits per heavy atom. The number of carbonyl (C=O) groups excluding carboxylic acids is 1. The number of carbonyl (C=O) groups is 1. The molecule has 1 amide bonds. The molecule has 3 heterocycles. The second-order valence-electron chi connectivity index (χ2n) is 6.10. The van der Waals surface area contributed by atoms with Gasteiger partial charge in [0.2, 0.25) is 0 Å². The molecule has 26 heavy (non-hydrogen) atoms. The topological polar surface area (TPSA) is 74.0 Å². The highest BCUT2D eigenvalue weighted by Crippen LogP contribution is 2.11. The first kappa shape index (κ1) is 18.4. The van der Waals surface area contributed by atoms with Crippen LogP contribution in [0.15, 0.2) is 33.2 Å². The van der Waals surface area contributed by atoms with E-state index in [1.54, 1.807) is 23.5 Å². The minimum Gasteiger partial charge on any atom is -0.459 e. The Labute approximate surface area is 157 Å². The van der Waals surface area contributed by atoms with Gasteiger partial charge in [-0.3, -0.25) is 9.79 Å². The SMILES string of the molecule is CCNC(=NCCc1csc(C)n1)N1CCN(C(=O)c2ccco2)CC1. The van der Waals surface area contributed by atoms with E-state index in [1.807, 2.05) is 11.8 Å². The predicted octanol–water partition coefficient (Wildman–Crippen LogP) is 2.01. The fraction of sp³-hybridized carbons (Fsp3) is 0.500. The third kappa shape index (κ3) is 4.63. The third-order valence-corrected chi connectivity index (χ3v) is 5.05. The Bertz CT molecular complexity index is 733. The van der Waals surface area contributed by atoms with Gasteiger partial charge in [0.25, 0.3) is 5.91 Å². The molecular formula is C18H25N5O2S. The highest BCUT2D eigenvalue weighted by Gasteiger charge is 2.25. The number of nitrogens with one attached hydrogen (secondary N) is 1. The van der Waals surface area contributed by atoms with E-state index in [0.717, 1.165) is 42.7 Å². The summed E-state index contributed by atoms with van der Waals surface area (Å²) in [5, 5.41) is 6.54. The number of thiazole rings is 1. The van der Waals surface area contributed by atoms with Crippen LogP contribution in [0.3, 0.4) is 0 Å². The Morgan fingerprint density at radius 2 is 2.12 bits per heavy atom. The number of nitrogens with zero attached hydrogens (tertiary/aromatic N) is 4. The van der Waals surface area contributed by atoms with E-state index in [4.69, 9.17) is 9.41 Å². The summed E-state index contributed by atoms with van der Waals surface area (Å²) in [4.78, 5) is 25.6. The van der Waals surface area contributed by atoms with Gasteiger partial charge in [-0.15, -0.1) is 11.3 Å². The number of furan rings is 1. The molecule has 0 unspecified atom stereocenters. The van der Waals surface area contributed by atoms with E-state index in [2.05, 4.69) is 27.5 Å². The molecule has 1 saturated heterocycles. The van der Waals surface area contributed by atoms with Crippen LogP contribution in [0.2, 0.25) is 0 Å². The summed E-state index contributed by atoms with van der Waals surface area (Å²) in [5.41, 5.74) is 1.10. The number of aliphatic imine (C=N–C) groups is 1. The smallest absolute Gasteiger partial charge is 0.289 e. The van der Waals surface area contributed by atoms with Crippen LogP contribution in [0.5, 0.6) is 0 Å². The fourth-order valence-corrected chi connectivity index (χ4v) is 3.55. The molecule has 2 aromatic rings. The van der Waals surface area contributed by atoms with Crippen molar-refractivity contribution >= 4 is 23.2 Å². The summed E-state index contributed by atoms with van der Waals surface area (Å²) < 4.78 is 5.21. The summed E-state index contributed by atoms with van der Waals surface area (Å²) in [6.45, 7) is 8.45. The van der Waals surface area contributed by atoms with Crippen LogP contribution >= 0.6 is 11.3 Å². The first-order valence-corrected chi connectivity index (χ1v) is 9.82. The molecule has 2 aromatic heterocycles. The first-order chi connectivity index (χ1) is 12.7. The van der Waals surface area contributed by atoms with Gasteiger partial charge in [-0.25, -0.2) is 4.98 Å². The van der Waals surface area contributed by atoms with Crippen molar-refractivity contribution in [1.82, 2.24) is 20.1 Å². The zero-order chi connectivity index (χ0) is 18.4. The van der Waals surface area contributed by atoms with E-state index in [1.165, 1.54) is 6.26 Å². The maximum Gasteiger partial charge on any atom is 0.289 e. The molecule has 1 aliphatic rings. The van der Waals surface area contributed by atoms with Crippen LogP contribution < -0.4 is 5.32 Å². The molecule has 0 saturated carbocycles. The maximum atomic E-state index is 12.4. The molecule has 0 aromatic carbocycles. The molecule has 0 spiro atoms. The molecule has 1 fully saturated rings. The second kappa shape index (κ2) is 8.84. The predicted molar refractivity (Wildman–Crippen MR) is 103 cm³/mol. The fourth-order valence-electron chi connectivity index (χ4n) is 2.90. The van der Waals surface area contributed by atoms with E-state index in [9.17, 15) is 4.79 Å². The molecule has 1 N–H and O–H groups in total. The number of amides is 1. The van der Waals surface area contributed by atoms with Crippen molar-refractivity contribution in [2.45, 2.75) is 20.3 Å². The van der Waals surface area contributed by atoms with Gasteiger partial charge in [-0.2, -0.15) is 0 Å². The lowest BCUT2D eigenvalue weighted by molar-refractivity contribution is 0.0657. The van der Waals surface area contributed by atoms with Gasteiger partial charge in [0.15, 0.2) is 11.7 Å². The summed E-state index contributed by atoms with van der Waals surface area (Å²) in [7, 11) is 0. The van der Waals surface area contributed by atoms with Crippen molar-refractivity contribution in [3.63, 3.8) is 0 Å². The molecule has 1 aliphatic heterocycles. The highest BCUT2D eigenvalue weighted by atomic mass is 32.1. The minimum atomic E-state index is -0.0458. The number of aryl methyl sites for hydroxylation is 1. The summed E-state index contributed by atoms with van der Waals surface area (Å²) in [5.74, 6) is 1.26. The zero-order valence-electron chi connectivity index (χ0n) is 15.3. The molecule has 0 radical (unpaired) electrons. The van der Waals surface area contributed by atoms with E-state index in [0.29, 0.717) is 25.4 Å². The van der Waals surface area contributed by atoms with Crippen molar-refractivity contribution in [3.8, 4) is 0 Å². The molecule has 0 atom stereocenters. The normalized spacial score (nSPS) is 15.4. The van der Waals surface area contributed by atoms with Crippen molar-refractivity contribution < 1.29 is 9.21 Å². The Morgan fingerprint density at radius 3 is 2.73 bits per heavy atom. The lowest BCUT2D eigenvalue weighted by atomic mass is 10.3. The molecule has 0 bridgehead atoms. The van der Waals surface area contributed by atoms with Crippen LogP contribution in [-0.4, -0.2) is 65.9 Å². The second-order valence-corrected chi connectivity index (χ2v) is 7.16. The van der Waals surface area contributed by atoms with E-state index < -0.39 is 0 Å². The van der Waals surface area contributed by atoms with Crippen molar-refractivity contribution in [1.29, 1.82) is 0 Å². The summed E-state index contributed by atoms with van der Waals surface area (Å²) in [6, 6.07) is 3.45. The molecule has 3 rings (SSSR count). The largest absolute Gasteiger partial charge is 0.459 e. The van der Waals surface area contributed by atoms with Gasteiger partial charge in [0.05, 0.1) is 17.0 Å². The number of piperazine rings is 1. The lowest BCUT2D eigenvalue weighted by Gasteiger charge is -2.36. The Hall–Kier alpha value is -2.35. The van der Waals surface area contributed by atoms with Crippen molar-refractivity contribution in [2.24, 2.45) is 4.99 Å². The molecule has 7 nitrogen and oxygen atoms in total. The zero-order valence-corrected chi connectivity index (χ0v) is 16.1. The van der Waals surface area contributed by atoms with E-state index in [-0.39, 0.29) is 5.91 Å². The van der Waals surface area contributed by atoms with E-state index >= 15 is 0 Å². The number of hydrogen-bond donors (Lipinski definition) is 1. The number of rotatable bonds is 5. The van der Waals surface area contributed by atoms with Crippen LogP contribution in [0.25, 0.3) is 0 Å². The molecule has 140 valence electrons. The minimum absolute atomic E-state index is 0.0458. The van der Waals surface area contributed by atoms with Gasteiger partial charge in [0.1, 0.15) is 0 Å². The number of aromatic nitrogens is 1. The van der Waals surface area contributed by atoms with Crippen molar-refractivity contribution in [3.05, 3.63) is 40.2 Å². The van der Waals surface area contributed by atoms with Crippen LogP contribution in [-0.2, 0) is 6.42 Å². The monoisotopic (exact) mass is 375 g/mol. The number of hydrogen-bond acceptors (Lipinski definition) is 5. The van der Waals surface area contributed by atoms with Crippen LogP contribution in [0.4, 0.5) is 0 Å². The standard InChI is InChI=1S/C18H25N5O2S/c1-3-19-18(20-7-6-15-13-26-14(2)21-15)23-10-8-22(9-11-23)17(24)16-5-4-12-25-16/h4-5,12-13H,3,6-11H2,1-2H3,(H,19,20). The lowest BCUT2D eigenvalue weighted by Crippen LogP contribution is -2.53. The average Bonchev–Trinajstić information content (AvgIpc) is 3.32. The average molecular weight is 375 g/mol. The first-order valence-electron chi connectivity index (χ1n) is 8.94. The van der Waals surface area contributed by atoms with Crippen LogP contribution in [0.1, 0.15) is 28.2 Å². The molecule has 0 aliphatic carbocycles. The molecule has 8 heteroatoms. The van der Waals surface area contributed by atoms with Gasteiger partial charge >= 0.3 is 0 Å².